The van der Waals surface area contributed by atoms with Crippen molar-refractivity contribution in [2.45, 2.75) is 0 Å². The maximum atomic E-state index is 14.4. The Bertz CT molecular complexity index is 5900. The van der Waals surface area contributed by atoms with E-state index in [2.05, 4.69) is 176 Å². The van der Waals surface area contributed by atoms with Crippen molar-refractivity contribution in [1.29, 1.82) is 0 Å². The summed E-state index contributed by atoms with van der Waals surface area (Å²) in [4.78, 5) is 48.9. The molecule has 468 valence electrons. The van der Waals surface area contributed by atoms with Crippen molar-refractivity contribution in [2.75, 3.05) is 0 Å². The molecule has 0 saturated carbocycles. The van der Waals surface area contributed by atoms with Crippen LogP contribution in [-0.2, 0) is 7.05 Å². The van der Waals surface area contributed by atoms with Crippen LogP contribution in [0.5, 0.6) is 0 Å². The van der Waals surface area contributed by atoms with Crippen molar-refractivity contribution >= 4 is 22.1 Å². The van der Waals surface area contributed by atoms with Gasteiger partial charge in [-0.25, -0.2) is 29.5 Å². The number of rotatable bonds is 14. The van der Waals surface area contributed by atoms with Crippen LogP contribution in [0.1, 0.15) is 0 Å². The van der Waals surface area contributed by atoms with E-state index in [-0.39, 0.29) is 11.4 Å². The third-order valence-electron chi connectivity index (χ3n) is 18.6. The van der Waals surface area contributed by atoms with Gasteiger partial charge in [0, 0.05) is 46.0 Å². The molecule has 4 heterocycles. The molecule has 0 spiro atoms. The van der Waals surface area contributed by atoms with Gasteiger partial charge in [0.2, 0.25) is 0 Å². The van der Waals surface area contributed by atoms with Crippen LogP contribution in [0.15, 0.2) is 355 Å². The summed E-state index contributed by atoms with van der Waals surface area (Å²) in [5.74, 6) is 1.31. The summed E-state index contributed by atoms with van der Waals surface area (Å²) in [5, 5.41) is 0. The lowest BCUT2D eigenvalue weighted by Crippen LogP contribution is -2.21. The van der Waals surface area contributed by atoms with Crippen LogP contribution < -0.4 is 11.4 Å². The molecule has 17 rings (SSSR count). The lowest BCUT2D eigenvalue weighted by molar-refractivity contribution is 0.847. The zero-order valence-corrected chi connectivity index (χ0v) is 53.8. The van der Waals surface area contributed by atoms with Gasteiger partial charge in [0.05, 0.1) is 61.9 Å². The molecule has 0 radical (unpaired) electrons. The number of benzene rings is 13. The normalized spacial score (nSPS) is 11.4. The molecule has 0 aliphatic rings. The molecule has 0 unspecified atom stereocenters. The molecule has 10 nitrogen and oxygen atoms in total. The predicted octanol–water partition coefficient (Wildman–Crippen LogP) is 20.3. The summed E-state index contributed by atoms with van der Waals surface area (Å²) in [6.45, 7) is 0. The Morgan fingerprint density at radius 3 is 1.03 bits per heavy atom. The number of fused-ring (bicyclic) bond motifs is 2. The molecule has 0 aliphatic carbocycles. The maximum absolute atomic E-state index is 14.4. The molecule has 0 fully saturated rings. The number of hydrogen-bond acceptors (Lipinski definition) is 6. The molecule has 17 aromatic rings. The molecule has 13 aromatic carbocycles. The third-order valence-corrected chi connectivity index (χ3v) is 18.6. The van der Waals surface area contributed by atoms with Crippen LogP contribution in [0.4, 0.5) is 0 Å². The van der Waals surface area contributed by atoms with Crippen molar-refractivity contribution in [2.24, 2.45) is 7.05 Å². The lowest BCUT2D eigenvalue weighted by atomic mass is 9.98. The highest BCUT2D eigenvalue weighted by Crippen LogP contribution is 2.37. The van der Waals surface area contributed by atoms with Crippen molar-refractivity contribution in [3.05, 3.63) is 367 Å². The van der Waals surface area contributed by atoms with Crippen LogP contribution >= 0.6 is 0 Å². The zero-order chi connectivity index (χ0) is 66.3. The zero-order valence-electron chi connectivity index (χ0n) is 53.8. The van der Waals surface area contributed by atoms with Gasteiger partial charge in [-0.3, -0.25) is 18.3 Å². The fourth-order valence-corrected chi connectivity index (χ4v) is 13.5. The second kappa shape index (κ2) is 25.4. The number of nitrogens with zero attached hydrogens (tertiary/aromatic N) is 8. The number of hydrogen-bond donors (Lipinski definition) is 0. The molecule has 0 amide bonds. The van der Waals surface area contributed by atoms with Crippen LogP contribution in [0.2, 0.25) is 0 Å². The fraction of sp³-hybridized carbons (Fsp3) is 0.0112. The second-order valence-electron chi connectivity index (χ2n) is 24.6. The highest BCUT2D eigenvalue weighted by Gasteiger charge is 2.21. The quantitative estimate of drug-likeness (QED) is 0.107. The molecule has 0 bridgehead atoms. The first-order chi connectivity index (χ1) is 48.8. The second-order valence-corrected chi connectivity index (χ2v) is 24.6. The highest BCUT2D eigenvalue weighted by molar-refractivity contribution is 5.94. The van der Waals surface area contributed by atoms with Crippen LogP contribution in [0.25, 0.3) is 163 Å². The smallest absolute Gasteiger partial charge is 0.294 e. The number of imidazole rings is 2. The van der Waals surface area contributed by atoms with Crippen LogP contribution in [0, 0.1) is 0 Å². The van der Waals surface area contributed by atoms with Gasteiger partial charge >= 0.3 is 11.4 Å². The Morgan fingerprint density at radius 2 is 0.545 bits per heavy atom. The monoisotopic (exact) mass is 1270 g/mol. The molecule has 0 N–H and O–H groups in total. The van der Waals surface area contributed by atoms with Gasteiger partial charge in [-0.05, 0) is 123 Å². The molecule has 0 saturated heterocycles. The molecular weight excluding hydrogens is 1210 g/mol. The van der Waals surface area contributed by atoms with Crippen molar-refractivity contribution in [3.63, 3.8) is 0 Å². The van der Waals surface area contributed by atoms with Gasteiger partial charge in [0.25, 0.3) is 0 Å². The number of aryl methyl sites for hydroxylation is 1. The van der Waals surface area contributed by atoms with E-state index in [0.29, 0.717) is 11.6 Å². The molecule has 4 aromatic heterocycles. The summed E-state index contributed by atoms with van der Waals surface area (Å²) in [6.07, 6.45) is 0. The van der Waals surface area contributed by atoms with E-state index >= 15 is 0 Å². The third kappa shape index (κ3) is 11.3. The topological polar surface area (TPSA) is 105 Å². The predicted molar refractivity (Wildman–Crippen MR) is 402 cm³/mol. The Morgan fingerprint density at radius 1 is 0.222 bits per heavy atom. The van der Waals surface area contributed by atoms with Gasteiger partial charge in [-0.2, -0.15) is 0 Å². The van der Waals surface area contributed by atoms with E-state index in [0.717, 1.165) is 151 Å². The molecule has 0 atom stereocenters. The SMILES string of the molecule is Cn1c(=O)n(-c2ccc(-c3cccc(-c4cc(-c5ccc(-c6ccc(-c7ccc8c(c7)n(-c7ccccc7)c(=O)n8-c7ccccc7)cc6)cc5)nc(-c5ccccc5)n4)c3)cc2)c2cccc(-c3ccc(-c4ccc(-c5cc(-c6ccccc6)nc(-c6ccccc6)n5)cc4)cc3)c21. The first-order valence-electron chi connectivity index (χ1n) is 33.0. The minimum Gasteiger partial charge on any atom is -0.294 e. The van der Waals surface area contributed by atoms with Gasteiger partial charge in [-0.15, -0.1) is 0 Å². The molecule has 10 heteroatoms. The minimum absolute atomic E-state index is 0.119. The largest absolute Gasteiger partial charge is 0.338 e. The Labute approximate surface area is 571 Å². The van der Waals surface area contributed by atoms with Crippen molar-refractivity contribution < 1.29 is 0 Å². The maximum Gasteiger partial charge on any atom is 0.338 e. The average molecular weight is 1270 g/mol. The van der Waals surface area contributed by atoms with Crippen LogP contribution in [0.3, 0.4) is 0 Å². The summed E-state index contributed by atoms with van der Waals surface area (Å²) in [6, 6.07) is 117. The summed E-state index contributed by atoms with van der Waals surface area (Å²) < 4.78 is 7.13. The average Bonchev–Trinajstić information content (AvgIpc) is 1.60. The lowest BCUT2D eigenvalue weighted by Gasteiger charge is -2.12. The number of aromatic nitrogens is 8. The summed E-state index contributed by atoms with van der Waals surface area (Å²) in [5.41, 5.74) is 25.0. The first kappa shape index (κ1) is 59.3. The van der Waals surface area contributed by atoms with E-state index < -0.39 is 0 Å². The Balaban J connectivity index is 0.618. The van der Waals surface area contributed by atoms with Gasteiger partial charge < -0.3 is 0 Å². The Kier molecular flexibility index (Phi) is 15.2. The van der Waals surface area contributed by atoms with Crippen molar-refractivity contribution in [1.82, 2.24) is 38.2 Å². The summed E-state index contributed by atoms with van der Waals surface area (Å²) in [7, 11) is 1.85. The first-order valence-corrected chi connectivity index (χ1v) is 33.0. The van der Waals surface area contributed by atoms with Gasteiger partial charge in [0.1, 0.15) is 0 Å². The van der Waals surface area contributed by atoms with Crippen molar-refractivity contribution in [3.8, 4) is 141 Å². The minimum atomic E-state index is -0.128. The van der Waals surface area contributed by atoms with E-state index in [1.807, 2.05) is 177 Å². The van der Waals surface area contributed by atoms with Gasteiger partial charge in [0.15, 0.2) is 11.6 Å². The van der Waals surface area contributed by atoms with E-state index in [4.69, 9.17) is 19.9 Å². The number of para-hydroxylation sites is 3. The molecule has 99 heavy (non-hydrogen) atoms. The van der Waals surface area contributed by atoms with E-state index in [1.165, 1.54) is 0 Å². The molecular formula is C89H60N8O2. The van der Waals surface area contributed by atoms with E-state index in [9.17, 15) is 9.59 Å². The summed E-state index contributed by atoms with van der Waals surface area (Å²) >= 11 is 0. The highest BCUT2D eigenvalue weighted by atomic mass is 16.2. The molecule has 0 aliphatic heterocycles. The van der Waals surface area contributed by atoms with Crippen LogP contribution in [-0.4, -0.2) is 38.2 Å². The Hall–Kier alpha value is -13.4. The van der Waals surface area contributed by atoms with E-state index in [1.54, 1.807) is 18.3 Å². The standard InChI is InChI=1S/C89H60N8O2/c1-94-85-77(65-43-37-60(38-44-65)62-41-45-67(46-42-62)79-57-78(66-19-7-2-8-20-66)90-86(91-79)69-21-9-3-10-22-69)31-18-32-83(85)96(88(94)98)76-52-49-64(50-53-76)71-25-17-26-73(55-71)81-58-80(92-87(93-81)70-23-11-4-12-24-70)68-47-39-61(40-48-68)59-33-35-63(36-34-59)72-51-54-82-84(56-72)97(75-29-15-6-16-30-75)89(99)95(82)74-27-13-5-14-28-74/h2-58H,1H3. The van der Waals surface area contributed by atoms with Gasteiger partial charge in [-0.1, -0.05) is 273 Å². The fourth-order valence-electron chi connectivity index (χ4n) is 13.5.